The summed E-state index contributed by atoms with van der Waals surface area (Å²) in [6, 6.07) is 13.3. The van der Waals surface area contributed by atoms with E-state index < -0.39 is 6.10 Å². The molecule has 0 amide bonds. The second-order valence-electron chi connectivity index (χ2n) is 5.36. The van der Waals surface area contributed by atoms with E-state index in [2.05, 4.69) is 22.9 Å². The van der Waals surface area contributed by atoms with Gasteiger partial charge in [0.05, 0.1) is 13.2 Å². The summed E-state index contributed by atoms with van der Waals surface area (Å²) in [5.41, 5.74) is 1.62. The van der Waals surface area contributed by atoms with Crippen LogP contribution in [0.2, 0.25) is 0 Å². The van der Waals surface area contributed by atoms with E-state index in [0.29, 0.717) is 24.9 Å². The van der Waals surface area contributed by atoms with E-state index in [1.165, 1.54) is 0 Å². The predicted octanol–water partition coefficient (Wildman–Crippen LogP) is 3.94. The molecule has 2 unspecified atom stereocenters. The van der Waals surface area contributed by atoms with Crippen LogP contribution < -0.4 is 9.47 Å². The molecular weight excluding hydrogens is 332 g/mol. The van der Waals surface area contributed by atoms with Crippen molar-refractivity contribution in [3.05, 3.63) is 58.1 Å². The van der Waals surface area contributed by atoms with Crippen molar-refractivity contribution in [2.45, 2.75) is 13.0 Å². The van der Waals surface area contributed by atoms with E-state index in [1.807, 2.05) is 42.5 Å². The second kappa shape index (κ2) is 6.08. The van der Waals surface area contributed by atoms with Crippen molar-refractivity contribution in [2.24, 2.45) is 5.92 Å². The minimum absolute atomic E-state index is 0.356. The predicted molar refractivity (Wildman–Crippen MR) is 84.8 cm³/mol. The molecule has 1 N–H and O–H groups in total. The van der Waals surface area contributed by atoms with Gasteiger partial charge in [-0.3, -0.25) is 0 Å². The highest BCUT2D eigenvalue weighted by Crippen LogP contribution is 2.36. The number of rotatable bonds is 2. The van der Waals surface area contributed by atoms with Crippen LogP contribution >= 0.6 is 15.9 Å². The quantitative estimate of drug-likeness (QED) is 0.893. The highest BCUT2D eigenvalue weighted by Gasteiger charge is 2.19. The zero-order valence-electron chi connectivity index (χ0n) is 11.8. The molecule has 110 valence electrons. The highest BCUT2D eigenvalue weighted by molar-refractivity contribution is 9.10. The smallest absolute Gasteiger partial charge is 0.161 e. The maximum atomic E-state index is 10.6. The Morgan fingerprint density at radius 2 is 1.81 bits per heavy atom. The summed E-state index contributed by atoms with van der Waals surface area (Å²) < 4.78 is 12.4. The molecule has 3 rings (SSSR count). The SMILES string of the molecule is CC1COc2ccc(C(O)c3ccccc3Br)cc2OC1. The van der Waals surface area contributed by atoms with E-state index in [4.69, 9.17) is 9.47 Å². The van der Waals surface area contributed by atoms with Crippen LogP contribution in [0.15, 0.2) is 46.9 Å². The van der Waals surface area contributed by atoms with Gasteiger partial charge in [-0.2, -0.15) is 0 Å². The van der Waals surface area contributed by atoms with Gasteiger partial charge in [-0.1, -0.05) is 47.1 Å². The Morgan fingerprint density at radius 1 is 1.10 bits per heavy atom. The first-order valence-corrected chi connectivity index (χ1v) is 7.76. The largest absolute Gasteiger partial charge is 0.489 e. The van der Waals surface area contributed by atoms with Crippen molar-refractivity contribution in [3.8, 4) is 11.5 Å². The van der Waals surface area contributed by atoms with Crippen molar-refractivity contribution in [1.29, 1.82) is 0 Å². The molecule has 0 aromatic heterocycles. The van der Waals surface area contributed by atoms with Crippen LogP contribution in [-0.4, -0.2) is 18.3 Å². The van der Waals surface area contributed by atoms with Gasteiger partial charge in [0, 0.05) is 10.4 Å². The molecule has 0 bridgehead atoms. The maximum Gasteiger partial charge on any atom is 0.161 e. The number of aliphatic hydroxyl groups is 1. The van der Waals surface area contributed by atoms with E-state index in [9.17, 15) is 5.11 Å². The van der Waals surface area contributed by atoms with Gasteiger partial charge in [-0.25, -0.2) is 0 Å². The molecule has 0 aliphatic carbocycles. The maximum absolute atomic E-state index is 10.6. The molecular formula is C17H17BrO3. The van der Waals surface area contributed by atoms with Gasteiger partial charge in [-0.05, 0) is 29.3 Å². The Hall–Kier alpha value is -1.52. The molecule has 0 radical (unpaired) electrons. The number of ether oxygens (including phenoxy) is 2. The fourth-order valence-corrected chi connectivity index (χ4v) is 2.82. The summed E-state index contributed by atoms with van der Waals surface area (Å²) in [4.78, 5) is 0. The Bertz CT molecular complexity index is 642. The lowest BCUT2D eigenvalue weighted by atomic mass is 10.0. The third-order valence-electron chi connectivity index (χ3n) is 3.53. The molecule has 3 nitrogen and oxygen atoms in total. The molecule has 4 heteroatoms. The van der Waals surface area contributed by atoms with Gasteiger partial charge in [0.25, 0.3) is 0 Å². The number of benzene rings is 2. The minimum Gasteiger partial charge on any atom is -0.489 e. The molecule has 1 heterocycles. The molecule has 1 aliphatic rings. The first-order chi connectivity index (χ1) is 10.1. The number of fused-ring (bicyclic) bond motifs is 1. The van der Waals surface area contributed by atoms with E-state index in [0.717, 1.165) is 21.3 Å². The molecule has 0 fully saturated rings. The van der Waals surface area contributed by atoms with Crippen LogP contribution in [0.3, 0.4) is 0 Å². The average molecular weight is 349 g/mol. The summed E-state index contributed by atoms with van der Waals surface area (Å²) in [6.07, 6.45) is -0.699. The van der Waals surface area contributed by atoms with Gasteiger partial charge < -0.3 is 14.6 Å². The van der Waals surface area contributed by atoms with Crippen LogP contribution in [0.5, 0.6) is 11.5 Å². The van der Waals surface area contributed by atoms with E-state index in [-0.39, 0.29) is 0 Å². The van der Waals surface area contributed by atoms with Gasteiger partial charge >= 0.3 is 0 Å². The molecule has 0 saturated carbocycles. The topological polar surface area (TPSA) is 38.7 Å². The molecule has 21 heavy (non-hydrogen) atoms. The van der Waals surface area contributed by atoms with Crippen molar-refractivity contribution in [3.63, 3.8) is 0 Å². The van der Waals surface area contributed by atoms with Crippen molar-refractivity contribution in [1.82, 2.24) is 0 Å². The van der Waals surface area contributed by atoms with Crippen molar-refractivity contribution in [2.75, 3.05) is 13.2 Å². The molecule has 2 atom stereocenters. The molecule has 0 saturated heterocycles. The fourth-order valence-electron chi connectivity index (χ4n) is 2.32. The third-order valence-corrected chi connectivity index (χ3v) is 4.25. The molecule has 1 aliphatic heterocycles. The fraction of sp³-hybridized carbons (Fsp3) is 0.294. The van der Waals surface area contributed by atoms with Gasteiger partial charge in [0.2, 0.25) is 0 Å². The van der Waals surface area contributed by atoms with Crippen LogP contribution in [0, 0.1) is 5.92 Å². The summed E-state index contributed by atoms with van der Waals surface area (Å²) in [5.74, 6) is 1.79. The standard InChI is InChI=1S/C17H17BrO3/c1-11-9-20-15-7-6-12(8-16(15)21-10-11)17(19)13-4-2-3-5-14(13)18/h2-8,11,17,19H,9-10H2,1H3. The monoisotopic (exact) mass is 348 g/mol. The summed E-state index contributed by atoms with van der Waals surface area (Å²) in [7, 11) is 0. The third kappa shape index (κ3) is 3.06. The average Bonchev–Trinajstić information content (AvgIpc) is 2.69. The normalized spacial score (nSPS) is 18.9. The van der Waals surface area contributed by atoms with Crippen molar-refractivity contribution >= 4 is 15.9 Å². The lowest BCUT2D eigenvalue weighted by molar-refractivity contribution is 0.217. The van der Waals surface area contributed by atoms with Gasteiger partial charge in [-0.15, -0.1) is 0 Å². The summed E-state index contributed by atoms with van der Waals surface area (Å²) in [6.45, 7) is 3.36. The number of hydrogen-bond acceptors (Lipinski definition) is 3. The lowest BCUT2D eigenvalue weighted by Gasteiger charge is -2.15. The second-order valence-corrected chi connectivity index (χ2v) is 6.21. The van der Waals surface area contributed by atoms with Crippen molar-refractivity contribution < 1.29 is 14.6 Å². The Balaban J connectivity index is 1.92. The number of aliphatic hydroxyl groups excluding tert-OH is 1. The Morgan fingerprint density at radius 3 is 2.57 bits per heavy atom. The summed E-state index contributed by atoms with van der Waals surface area (Å²) >= 11 is 3.47. The van der Waals surface area contributed by atoms with E-state index >= 15 is 0 Å². The molecule has 2 aromatic carbocycles. The van der Waals surface area contributed by atoms with Crippen LogP contribution in [0.25, 0.3) is 0 Å². The zero-order valence-corrected chi connectivity index (χ0v) is 13.3. The first-order valence-electron chi connectivity index (χ1n) is 6.97. The van der Waals surface area contributed by atoms with E-state index in [1.54, 1.807) is 0 Å². The molecule has 2 aromatic rings. The summed E-state index contributed by atoms with van der Waals surface area (Å²) in [5, 5.41) is 10.6. The first kappa shape index (κ1) is 14.4. The zero-order chi connectivity index (χ0) is 14.8. The number of hydrogen-bond donors (Lipinski definition) is 1. The lowest BCUT2D eigenvalue weighted by Crippen LogP contribution is -2.12. The minimum atomic E-state index is -0.699. The highest BCUT2D eigenvalue weighted by atomic mass is 79.9. The van der Waals surface area contributed by atoms with Crippen LogP contribution in [0.1, 0.15) is 24.2 Å². The number of halogens is 1. The molecule has 0 spiro atoms. The Kier molecular flexibility index (Phi) is 4.17. The van der Waals surface area contributed by atoms with Crippen LogP contribution in [0.4, 0.5) is 0 Å². The van der Waals surface area contributed by atoms with Gasteiger partial charge in [0.15, 0.2) is 11.5 Å². The van der Waals surface area contributed by atoms with Gasteiger partial charge in [0.1, 0.15) is 6.10 Å². The van der Waals surface area contributed by atoms with Crippen LogP contribution in [-0.2, 0) is 0 Å². The Labute approximate surface area is 132 Å².